The van der Waals surface area contributed by atoms with E-state index in [2.05, 4.69) is 57.4 Å². The standard InChI is InChI=1S/C18H15N2.C17H16N.CH4.Ir/c1-19-15-4-2-3-14(9-15)18-10-16-12-5-7-13(8-6-12)17(16)11-20-18;1-2-10-18-17(3-1)14-8-9-15-12-4-6-13(7-5-12)16(15)11-14;;/h2,4,9-13H,5-8H2;1-3,9-13H,4-7H2;1H4;/q2*-1;;. The summed E-state index contributed by atoms with van der Waals surface area (Å²) in [5.74, 6) is 3.05. The van der Waals surface area contributed by atoms with E-state index in [4.69, 9.17) is 6.57 Å². The average Bonchev–Trinajstić information content (AvgIpc) is 3.03. The first-order chi connectivity index (χ1) is 18.8. The summed E-state index contributed by atoms with van der Waals surface area (Å²) in [6.45, 7) is 7.11. The van der Waals surface area contributed by atoms with Crippen molar-refractivity contribution in [3.63, 3.8) is 0 Å². The van der Waals surface area contributed by atoms with Gasteiger partial charge in [-0.15, -0.1) is 58.7 Å². The first kappa shape index (κ1) is 28.4. The minimum Gasteiger partial charge on any atom is -0.305 e. The summed E-state index contributed by atoms with van der Waals surface area (Å²) in [7, 11) is 0. The van der Waals surface area contributed by atoms with Crippen molar-refractivity contribution in [1.29, 1.82) is 0 Å². The number of benzene rings is 2. The second-order valence-corrected chi connectivity index (χ2v) is 11.3. The van der Waals surface area contributed by atoms with Gasteiger partial charge in [0.25, 0.3) is 0 Å². The van der Waals surface area contributed by atoms with E-state index >= 15 is 0 Å². The Kier molecular flexibility index (Phi) is 8.65. The first-order valence-corrected chi connectivity index (χ1v) is 14.1. The van der Waals surface area contributed by atoms with E-state index in [1.165, 1.54) is 62.5 Å². The molecule has 0 atom stereocenters. The van der Waals surface area contributed by atoms with Gasteiger partial charge in [0.05, 0.1) is 6.57 Å². The summed E-state index contributed by atoms with van der Waals surface area (Å²) >= 11 is 0. The number of hydrogen-bond donors (Lipinski definition) is 0. The van der Waals surface area contributed by atoms with Crippen LogP contribution in [0.1, 0.15) is 105 Å². The van der Waals surface area contributed by atoms with Crippen LogP contribution in [0.15, 0.2) is 67.0 Å². The third-order valence-electron chi connectivity index (χ3n) is 9.33. The van der Waals surface area contributed by atoms with Gasteiger partial charge >= 0.3 is 0 Å². The minimum absolute atomic E-state index is 0. The zero-order valence-electron chi connectivity index (χ0n) is 22.0. The third kappa shape index (κ3) is 5.30. The van der Waals surface area contributed by atoms with Gasteiger partial charge in [-0.05, 0) is 84.9 Å². The molecule has 0 amide bonds. The smallest absolute Gasteiger partial charge is 0.108 e. The molecule has 4 bridgehead atoms. The first-order valence-electron chi connectivity index (χ1n) is 14.1. The summed E-state index contributed by atoms with van der Waals surface area (Å²) in [6, 6.07) is 25.0. The van der Waals surface area contributed by atoms with E-state index in [-0.39, 0.29) is 27.5 Å². The Hall–Kier alpha value is -3.12. The van der Waals surface area contributed by atoms with Crippen LogP contribution in [0.5, 0.6) is 0 Å². The van der Waals surface area contributed by atoms with Gasteiger partial charge < -0.3 is 9.97 Å². The van der Waals surface area contributed by atoms with Crippen molar-refractivity contribution in [1.82, 2.24) is 9.97 Å². The molecule has 2 aromatic heterocycles. The maximum Gasteiger partial charge on any atom is 0.108 e. The molecular formula is C36H35IrN3-2. The molecule has 0 unspecified atom stereocenters. The van der Waals surface area contributed by atoms with Gasteiger partial charge in [-0.25, -0.2) is 0 Å². The molecular weight excluding hydrogens is 667 g/mol. The number of nitrogens with zero attached hydrogens (tertiary/aromatic N) is 3. The molecule has 10 rings (SSSR count). The van der Waals surface area contributed by atoms with Gasteiger partial charge in [0.1, 0.15) is 5.69 Å². The second kappa shape index (κ2) is 12.2. The largest absolute Gasteiger partial charge is 0.305 e. The number of hydrogen-bond acceptors (Lipinski definition) is 2. The zero-order chi connectivity index (χ0) is 25.5. The Morgan fingerprint density at radius 1 is 0.675 bits per heavy atom. The van der Waals surface area contributed by atoms with Crippen molar-refractivity contribution < 1.29 is 20.1 Å². The Labute approximate surface area is 252 Å². The van der Waals surface area contributed by atoms with E-state index in [0.29, 0.717) is 5.69 Å². The maximum absolute atomic E-state index is 7.11. The molecule has 2 heterocycles. The van der Waals surface area contributed by atoms with Crippen LogP contribution < -0.4 is 0 Å². The Bertz CT molecular complexity index is 1510. The number of aromatic nitrogens is 2. The molecule has 205 valence electrons. The van der Waals surface area contributed by atoms with Gasteiger partial charge in [0, 0.05) is 32.5 Å². The van der Waals surface area contributed by atoms with Crippen LogP contribution in [0, 0.1) is 18.7 Å². The quantitative estimate of drug-likeness (QED) is 0.195. The van der Waals surface area contributed by atoms with Crippen molar-refractivity contribution in [2.45, 2.75) is 82.5 Å². The van der Waals surface area contributed by atoms with Gasteiger partial charge in [-0.1, -0.05) is 44.4 Å². The van der Waals surface area contributed by atoms with Gasteiger partial charge in [-0.2, -0.15) is 6.07 Å². The normalized spacial score (nSPS) is 22.8. The monoisotopic (exact) mass is 702 g/mol. The van der Waals surface area contributed by atoms with Crippen LogP contribution in [0.4, 0.5) is 5.69 Å². The summed E-state index contributed by atoms with van der Waals surface area (Å²) in [6.07, 6.45) is 14.8. The number of pyridine rings is 2. The fourth-order valence-corrected chi connectivity index (χ4v) is 7.32. The molecule has 6 aliphatic rings. The van der Waals surface area contributed by atoms with Gasteiger partial charge in [-0.3, -0.25) is 4.85 Å². The molecule has 6 aliphatic carbocycles. The van der Waals surface area contributed by atoms with Crippen molar-refractivity contribution in [3.8, 4) is 22.5 Å². The molecule has 4 heteroatoms. The van der Waals surface area contributed by atoms with E-state index in [9.17, 15) is 0 Å². The average molecular weight is 702 g/mol. The number of fused-ring (bicyclic) bond motifs is 4. The summed E-state index contributed by atoms with van der Waals surface area (Å²) in [5.41, 5.74) is 10.9. The summed E-state index contributed by atoms with van der Waals surface area (Å²) in [5, 5.41) is 0. The Morgan fingerprint density at radius 2 is 1.30 bits per heavy atom. The van der Waals surface area contributed by atoms with Crippen LogP contribution in [0.3, 0.4) is 0 Å². The Balaban J connectivity index is 0.000000154. The number of rotatable bonds is 2. The van der Waals surface area contributed by atoms with E-state index in [1.54, 1.807) is 17.2 Å². The van der Waals surface area contributed by atoms with Crippen LogP contribution >= 0.6 is 0 Å². The molecule has 2 saturated carbocycles. The van der Waals surface area contributed by atoms with Crippen LogP contribution in [-0.4, -0.2) is 9.97 Å². The van der Waals surface area contributed by atoms with Crippen LogP contribution in [0.25, 0.3) is 27.4 Å². The van der Waals surface area contributed by atoms with E-state index in [0.717, 1.165) is 46.2 Å². The molecule has 0 spiro atoms. The molecule has 3 nitrogen and oxygen atoms in total. The summed E-state index contributed by atoms with van der Waals surface area (Å²) in [4.78, 5) is 12.5. The van der Waals surface area contributed by atoms with Crippen LogP contribution in [-0.2, 0) is 20.1 Å². The predicted octanol–water partition coefficient (Wildman–Crippen LogP) is 9.79. The van der Waals surface area contributed by atoms with Crippen molar-refractivity contribution in [3.05, 3.63) is 113 Å². The molecule has 1 radical (unpaired) electrons. The topological polar surface area (TPSA) is 30.1 Å². The third-order valence-corrected chi connectivity index (χ3v) is 9.33. The molecule has 40 heavy (non-hydrogen) atoms. The Morgan fingerprint density at radius 3 is 1.95 bits per heavy atom. The zero-order valence-corrected chi connectivity index (χ0v) is 24.4. The van der Waals surface area contributed by atoms with Crippen molar-refractivity contribution in [2.75, 3.05) is 0 Å². The molecule has 0 aliphatic heterocycles. The summed E-state index contributed by atoms with van der Waals surface area (Å²) < 4.78 is 0. The van der Waals surface area contributed by atoms with Crippen molar-refractivity contribution >= 4 is 5.69 Å². The van der Waals surface area contributed by atoms with E-state index in [1.807, 2.05) is 30.5 Å². The molecule has 0 N–H and O–H groups in total. The molecule has 2 aromatic carbocycles. The van der Waals surface area contributed by atoms with Gasteiger partial charge in [0.2, 0.25) is 0 Å². The SMILES string of the molecule is C.[C-]#[N+]c1cc[c-]c(-c2cc3c(cn2)C2CCC3CC2)c1.[Ir].[c-]1cc2c(cc1-c1ccccn1)C1CCC2CC1. The fourth-order valence-electron chi connectivity index (χ4n) is 7.32. The second-order valence-electron chi connectivity index (χ2n) is 11.3. The van der Waals surface area contributed by atoms with Gasteiger partial charge in [0.15, 0.2) is 0 Å². The molecule has 2 fully saturated rings. The predicted molar refractivity (Wildman–Crippen MR) is 158 cm³/mol. The van der Waals surface area contributed by atoms with Crippen LogP contribution in [0.2, 0.25) is 0 Å². The molecule has 4 aromatic rings. The molecule has 0 saturated heterocycles. The minimum atomic E-state index is 0. The van der Waals surface area contributed by atoms with Crippen molar-refractivity contribution in [2.24, 2.45) is 0 Å². The van der Waals surface area contributed by atoms with E-state index < -0.39 is 0 Å². The maximum atomic E-state index is 7.11. The fraction of sp³-hybridized carbons (Fsp3) is 0.361.